The molecule has 4 nitrogen and oxygen atoms in total. The largest absolute Gasteiger partial charge is 0.493 e. The van der Waals surface area contributed by atoms with Crippen LogP contribution >= 0.6 is 15.9 Å². The highest BCUT2D eigenvalue weighted by Gasteiger charge is 2.32. The highest BCUT2D eigenvalue weighted by molar-refractivity contribution is 9.10. The van der Waals surface area contributed by atoms with Crippen LogP contribution in [0.25, 0.3) is 11.0 Å². The minimum atomic E-state index is 0.367. The average Bonchev–Trinajstić information content (AvgIpc) is 3.06. The third-order valence-corrected chi connectivity index (χ3v) is 5.10. The van der Waals surface area contributed by atoms with Crippen LogP contribution in [0.3, 0.4) is 0 Å². The van der Waals surface area contributed by atoms with Crippen molar-refractivity contribution in [3.05, 3.63) is 28.4 Å². The molecule has 1 saturated heterocycles. The fraction of sp³-hybridized carbons (Fsp3) is 0.467. The van der Waals surface area contributed by atoms with Crippen molar-refractivity contribution in [2.75, 3.05) is 27.2 Å². The molecule has 2 N–H and O–H groups in total. The summed E-state index contributed by atoms with van der Waals surface area (Å²) in [6, 6.07) is 4.42. The Hall–Kier alpha value is -1.04. The molecule has 0 spiro atoms. The topological polar surface area (TPSA) is 51.6 Å². The Labute approximate surface area is 127 Å². The van der Waals surface area contributed by atoms with E-state index in [1.807, 2.05) is 6.07 Å². The van der Waals surface area contributed by atoms with Crippen molar-refractivity contribution in [3.63, 3.8) is 0 Å². The number of nitrogens with zero attached hydrogens (tertiary/aromatic N) is 1. The van der Waals surface area contributed by atoms with Gasteiger partial charge in [-0.05, 0) is 59.6 Å². The van der Waals surface area contributed by atoms with E-state index in [1.165, 1.54) is 5.56 Å². The van der Waals surface area contributed by atoms with E-state index in [9.17, 15) is 0 Å². The van der Waals surface area contributed by atoms with Crippen LogP contribution in [0, 0.1) is 5.92 Å². The first kappa shape index (κ1) is 13.9. The second-order valence-corrected chi connectivity index (χ2v) is 6.23. The lowest BCUT2D eigenvalue weighted by Crippen LogP contribution is -2.20. The quantitative estimate of drug-likeness (QED) is 0.933. The van der Waals surface area contributed by atoms with Crippen molar-refractivity contribution in [2.24, 2.45) is 11.7 Å². The lowest BCUT2D eigenvalue weighted by molar-refractivity contribution is 0.312. The van der Waals surface area contributed by atoms with Crippen molar-refractivity contribution in [1.82, 2.24) is 4.90 Å². The van der Waals surface area contributed by atoms with Crippen LogP contribution in [0.2, 0.25) is 0 Å². The third-order valence-electron chi connectivity index (χ3n) is 4.21. The molecule has 2 aromatic rings. The molecular formula is C15H19BrN2O2. The third kappa shape index (κ3) is 2.14. The van der Waals surface area contributed by atoms with Gasteiger partial charge in [-0.25, -0.2) is 0 Å². The van der Waals surface area contributed by atoms with Crippen LogP contribution in [-0.2, 0) is 0 Å². The Morgan fingerprint density at radius 2 is 2.35 bits per heavy atom. The average molecular weight is 339 g/mol. The van der Waals surface area contributed by atoms with E-state index in [0.29, 0.717) is 12.0 Å². The highest BCUT2D eigenvalue weighted by Crippen LogP contribution is 2.43. The van der Waals surface area contributed by atoms with Crippen LogP contribution in [-0.4, -0.2) is 32.1 Å². The van der Waals surface area contributed by atoms with E-state index < -0.39 is 0 Å². The minimum Gasteiger partial charge on any atom is -0.493 e. The van der Waals surface area contributed by atoms with Crippen molar-refractivity contribution >= 4 is 26.9 Å². The van der Waals surface area contributed by atoms with E-state index in [0.717, 1.165) is 40.7 Å². The number of rotatable bonds is 3. The first-order valence-electron chi connectivity index (χ1n) is 6.79. The predicted molar refractivity (Wildman–Crippen MR) is 83.0 cm³/mol. The van der Waals surface area contributed by atoms with Crippen LogP contribution in [0.4, 0.5) is 0 Å². The van der Waals surface area contributed by atoms with Crippen molar-refractivity contribution < 1.29 is 9.15 Å². The van der Waals surface area contributed by atoms with Gasteiger partial charge in [0.25, 0.3) is 0 Å². The molecule has 108 valence electrons. The zero-order valence-corrected chi connectivity index (χ0v) is 13.3. The summed E-state index contributed by atoms with van der Waals surface area (Å²) >= 11 is 3.73. The van der Waals surface area contributed by atoms with Gasteiger partial charge in [-0.2, -0.15) is 0 Å². The van der Waals surface area contributed by atoms with Crippen LogP contribution < -0.4 is 10.5 Å². The van der Waals surface area contributed by atoms with Gasteiger partial charge in [0, 0.05) is 22.4 Å². The first-order valence-corrected chi connectivity index (χ1v) is 7.59. The van der Waals surface area contributed by atoms with Gasteiger partial charge in [0.05, 0.1) is 13.4 Å². The summed E-state index contributed by atoms with van der Waals surface area (Å²) < 4.78 is 12.1. The second kappa shape index (κ2) is 5.39. The fourth-order valence-electron chi connectivity index (χ4n) is 3.13. The van der Waals surface area contributed by atoms with Crippen molar-refractivity contribution in [3.8, 4) is 5.75 Å². The number of hydrogen-bond donors (Lipinski definition) is 1. The van der Waals surface area contributed by atoms with Gasteiger partial charge >= 0.3 is 0 Å². The number of benzene rings is 1. The molecule has 0 saturated carbocycles. The molecule has 0 bridgehead atoms. The SMILES string of the molecule is COc1cc(C2CC(CN)CN2C)c(Br)c2ccoc12. The number of hydrogen-bond acceptors (Lipinski definition) is 4. The molecule has 0 amide bonds. The lowest BCUT2D eigenvalue weighted by Gasteiger charge is -2.22. The molecule has 1 aliphatic heterocycles. The number of nitrogens with two attached hydrogens (primary N) is 1. The fourth-order valence-corrected chi connectivity index (χ4v) is 3.82. The first-order chi connectivity index (χ1) is 9.65. The molecule has 2 heterocycles. The van der Waals surface area contributed by atoms with Crippen LogP contribution in [0.5, 0.6) is 5.75 Å². The molecule has 2 unspecified atom stereocenters. The molecule has 3 rings (SSSR count). The summed E-state index contributed by atoms with van der Waals surface area (Å²) in [5.41, 5.74) is 7.86. The van der Waals surface area contributed by atoms with Gasteiger partial charge in [-0.1, -0.05) is 0 Å². The highest BCUT2D eigenvalue weighted by atomic mass is 79.9. The van der Waals surface area contributed by atoms with E-state index >= 15 is 0 Å². The second-order valence-electron chi connectivity index (χ2n) is 5.44. The molecule has 20 heavy (non-hydrogen) atoms. The molecule has 2 atom stereocenters. The van der Waals surface area contributed by atoms with Crippen molar-refractivity contribution in [1.29, 1.82) is 0 Å². The number of likely N-dealkylation sites (tertiary alicyclic amines) is 1. The Balaban J connectivity index is 2.09. The Morgan fingerprint density at radius 1 is 1.55 bits per heavy atom. The molecular weight excluding hydrogens is 320 g/mol. The maximum absolute atomic E-state index is 5.83. The molecule has 0 radical (unpaired) electrons. The summed E-state index contributed by atoms with van der Waals surface area (Å²) in [6.45, 7) is 1.78. The monoisotopic (exact) mass is 338 g/mol. The number of halogens is 1. The maximum atomic E-state index is 5.83. The smallest absolute Gasteiger partial charge is 0.176 e. The zero-order chi connectivity index (χ0) is 14.3. The summed E-state index contributed by atoms with van der Waals surface area (Å²) in [5.74, 6) is 1.34. The van der Waals surface area contributed by atoms with Gasteiger partial charge in [0.1, 0.15) is 0 Å². The molecule has 0 aliphatic carbocycles. The van der Waals surface area contributed by atoms with E-state index in [1.54, 1.807) is 13.4 Å². The molecule has 1 aromatic carbocycles. The Morgan fingerprint density at radius 3 is 3.00 bits per heavy atom. The molecule has 1 fully saturated rings. The van der Waals surface area contributed by atoms with Gasteiger partial charge in [0.15, 0.2) is 11.3 Å². The van der Waals surface area contributed by atoms with E-state index in [-0.39, 0.29) is 0 Å². The normalized spacial score (nSPS) is 23.6. The lowest BCUT2D eigenvalue weighted by atomic mass is 9.98. The molecule has 1 aromatic heterocycles. The van der Waals surface area contributed by atoms with Gasteiger partial charge in [-0.3, -0.25) is 4.90 Å². The Bertz CT molecular complexity index is 626. The number of furan rings is 1. The summed E-state index contributed by atoms with van der Waals surface area (Å²) in [7, 11) is 3.83. The van der Waals surface area contributed by atoms with Gasteiger partial charge in [0.2, 0.25) is 0 Å². The van der Waals surface area contributed by atoms with E-state index in [2.05, 4.69) is 33.9 Å². The number of methoxy groups -OCH3 is 1. The minimum absolute atomic E-state index is 0.367. The summed E-state index contributed by atoms with van der Waals surface area (Å²) in [4.78, 5) is 2.36. The Kier molecular flexibility index (Phi) is 3.75. The zero-order valence-electron chi connectivity index (χ0n) is 11.7. The van der Waals surface area contributed by atoms with E-state index in [4.69, 9.17) is 14.9 Å². The number of fused-ring (bicyclic) bond motifs is 1. The standard InChI is InChI=1S/C15H19BrN2O2/c1-18-8-9(7-17)5-12(18)11-6-13(19-2)15-10(14(11)16)3-4-20-15/h3-4,6,9,12H,5,7-8,17H2,1-2H3. The summed E-state index contributed by atoms with van der Waals surface area (Å²) in [6.07, 6.45) is 2.78. The van der Waals surface area contributed by atoms with Gasteiger partial charge < -0.3 is 14.9 Å². The maximum Gasteiger partial charge on any atom is 0.176 e. The number of ether oxygens (including phenoxy) is 1. The molecule has 1 aliphatic rings. The van der Waals surface area contributed by atoms with Gasteiger partial charge in [-0.15, -0.1) is 0 Å². The predicted octanol–water partition coefficient (Wildman–Crippen LogP) is 3.16. The summed E-state index contributed by atoms with van der Waals surface area (Å²) in [5, 5.41) is 1.06. The molecule has 5 heteroatoms. The van der Waals surface area contributed by atoms with Crippen LogP contribution in [0.1, 0.15) is 18.0 Å². The van der Waals surface area contributed by atoms with Crippen LogP contribution in [0.15, 0.2) is 27.3 Å². The van der Waals surface area contributed by atoms with Crippen molar-refractivity contribution in [2.45, 2.75) is 12.5 Å².